The molecule has 2 aromatic heterocycles. The van der Waals surface area contributed by atoms with Crippen molar-refractivity contribution in [2.75, 3.05) is 0 Å². The molecule has 4 rings (SSSR count). The van der Waals surface area contributed by atoms with Crippen LogP contribution in [0.3, 0.4) is 0 Å². The topological polar surface area (TPSA) is 40.7 Å². The Labute approximate surface area is 107 Å². The summed E-state index contributed by atoms with van der Waals surface area (Å²) in [4.78, 5) is 7.64. The number of aromatic amines is 1. The fraction of sp³-hybridized carbons (Fsp3) is 0.533. The first-order chi connectivity index (χ1) is 8.87. The summed E-state index contributed by atoms with van der Waals surface area (Å²) in [6, 6.07) is 5.98. The lowest BCUT2D eigenvalue weighted by Gasteiger charge is -2.29. The van der Waals surface area contributed by atoms with Gasteiger partial charge in [0.2, 0.25) is 0 Å². The van der Waals surface area contributed by atoms with Crippen LogP contribution in [0.4, 0.5) is 0 Å². The molecular formula is C15H19N3. The molecule has 18 heavy (non-hydrogen) atoms. The van der Waals surface area contributed by atoms with Gasteiger partial charge in [-0.3, -0.25) is 0 Å². The average Bonchev–Trinajstić information content (AvgIpc) is 2.95. The van der Waals surface area contributed by atoms with Crippen LogP contribution in [0.15, 0.2) is 24.5 Å². The molecule has 2 bridgehead atoms. The van der Waals surface area contributed by atoms with Gasteiger partial charge in [0, 0.05) is 29.9 Å². The van der Waals surface area contributed by atoms with Crippen molar-refractivity contribution >= 4 is 11.0 Å². The second-order valence-corrected chi connectivity index (χ2v) is 5.94. The molecule has 3 nitrogen and oxygen atoms in total. The van der Waals surface area contributed by atoms with Gasteiger partial charge in [0.15, 0.2) is 0 Å². The number of fused-ring (bicyclic) bond motifs is 3. The molecule has 0 aromatic carbocycles. The van der Waals surface area contributed by atoms with Crippen molar-refractivity contribution in [3.05, 3.63) is 30.1 Å². The van der Waals surface area contributed by atoms with Crippen LogP contribution in [0.25, 0.3) is 11.0 Å². The number of hydrogen-bond donors (Lipinski definition) is 2. The van der Waals surface area contributed by atoms with Gasteiger partial charge in [-0.05, 0) is 55.7 Å². The standard InChI is InChI=1S/C15H19N3/c1-2-14-8-10(7-13(1)18-14)5-11-6-12-3-4-16-15(12)17-9-11/h3-4,6,9-10,13-14,18H,1-2,5,7-8H2,(H,16,17). The van der Waals surface area contributed by atoms with Gasteiger partial charge in [0.1, 0.15) is 5.65 Å². The average molecular weight is 241 g/mol. The number of nitrogens with zero attached hydrogens (tertiary/aromatic N) is 1. The monoisotopic (exact) mass is 241 g/mol. The molecule has 0 amide bonds. The summed E-state index contributed by atoms with van der Waals surface area (Å²) in [5.74, 6) is 0.849. The molecule has 2 saturated heterocycles. The molecule has 94 valence electrons. The molecule has 3 heteroatoms. The SMILES string of the molecule is c1cc2cc(CC3CC4CCC(C3)N4)cnc2[nH]1. The van der Waals surface area contributed by atoms with E-state index < -0.39 is 0 Å². The lowest BCUT2D eigenvalue weighted by Crippen LogP contribution is -2.38. The third-order valence-corrected chi connectivity index (χ3v) is 4.55. The zero-order chi connectivity index (χ0) is 11.9. The fourth-order valence-corrected chi connectivity index (χ4v) is 3.77. The van der Waals surface area contributed by atoms with Crippen molar-refractivity contribution in [2.45, 2.75) is 44.2 Å². The Bertz CT molecular complexity index is 548. The van der Waals surface area contributed by atoms with E-state index in [1.165, 1.54) is 43.1 Å². The van der Waals surface area contributed by atoms with Gasteiger partial charge in [-0.15, -0.1) is 0 Å². The zero-order valence-electron chi connectivity index (χ0n) is 10.5. The zero-order valence-corrected chi connectivity index (χ0v) is 10.5. The van der Waals surface area contributed by atoms with E-state index >= 15 is 0 Å². The van der Waals surface area contributed by atoms with Crippen molar-refractivity contribution in [3.8, 4) is 0 Å². The number of H-pyrrole nitrogens is 1. The molecule has 2 aromatic rings. The van der Waals surface area contributed by atoms with Gasteiger partial charge < -0.3 is 10.3 Å². The molecule has 2 atom stereocenters. The van der Waals surface area contributed by atoms with Gasteiger partial charge in [-0.25, -0.2) is 4.98 Å². The number of rotatable bonds is 2. The highest BCUT2D eigenvalue weighted by Gasteiger charge is 2.33. The number of piperidine rings is 1. The summed E-state index contributed by atoms with van der Waals surface area (Å²) in [5, 5.41) is 4.95. The molecule has 4 heterocycles. The summed E-state index contributed by atoms with van der Waals surface area (Å²) >= 11 is 0. The quantitative estimate of drug-likeness (QED) is 0.848. The van der Waals surface area contributed by atoms with E-state index in [4.69, 9.17) is 0 Å². The first-order valence-electron chi connectivity index (χ1n) is 7.05. The molecule has 0 aliphatic carbocycles. The molecular weight excluding hydrogens is 222 g/mol. The highest BCUT2D eigenvalue weighted by molar-refractivity contribution is 5.75. The van der Waals surface area contributed by atoms with Gasteiger partial charge in [0.25, 0.3) is 0 Å². The predicted molar refractivity (Wildman–Crippen MR) is 72.5 cm³/mol. The lowest BCUT2D eigenvalue weighted by molar-refractivity contribution is 0.298. The molecule has 0 radical (unpaired) electrons. The predicted octanol–water partition coefficient (Wildman–Crippen LogP) is 2.64. The smallest absolute Gasteiger partial charge is 0.137 e. The van der Waals surface area contributed by atoms with Crippen LogP contribution < -0.4 is 5.32 Å². The van der Waals surface area contributed by atoms with Crippen molar-refractivity contribution in [2.24, 2.45) is 5.92 Å². The van der Waals surface area contributed by atoms with Gasteiger partial charge in [-0.1, -0.05) is 0 Å². The van der Waals surface area contributed by atoms with E-state index in [-0.39, 0.29) is 0 Å². The van der Waals surface area contributed by atoms with Gasteiger partial charge >= 0.3 is 0 Å². The van der Waals surface area contributed by atoms with Crippen LogP contribution >= 0.6 is 0 Å². The Morgan fingerprint density at radius 2 is 2.06 bits per heavy atom. The molecule has 2 unspecified atom stereocenters. The Kier molecular flexibility index (Phi) is 2.40. The lowest BCUT2D eigenvalue weighted by atomic mass is 9.87. The van der Waals surface area contributed by atoms with Crippen molar-refractivity contribution in [1.29, 1.82) is 0 Å². The summed E-state index contributed by atoms with van der Waals surface area (Å²) in [5.41, 5.74) is 2.40. The van der Waals surface area contributed by atoms with Crippen LogP contribution in [0, 0.1) is 5.92 Å². The van der Waals surface area contributed by atoms with Crippen LogP contribution in [0.2, 0.25) is 0 Å². The van der Waals surface area contributed by atoms with Crippen molar-refractivity contribution < 1.29 is 0 Å². The number of pyridine rings is 1. The molecule has 2 fully saturated rings. The maximum Gasteiger partial charge on any atom is 0.137 e. The third-order valence-electron chi connectivity index (χ3n) is 4.55. The molecule has 0 saturated carbocycles. The highest BCUT2D eigenvalue weighted by atomic mass is 15.0. The molecule has 2 aliphatic heterocycles. The van der Waals surface area contributed by atoms with Crippen LogP contribution in [0.1, 0.15) is 31.2 Å². The van der Waals surface area contributed by atoms with E-state index in [1.54, 1.807) is 0 Å². The second kappa shape index (κ2) is 4.09. The Morgan fingerprint density at radius 1 is 1.22 bits per heavy atom. The minimum Gasteiger partial charge on any atom is -0.346 e. The molecule has 2 aliphatic rings. The van der Waals surface area contributed by atoms with E-state index in [1.807, 2.05) is 12.4 Å². The fourth-order valence-electron chi connectivity index (χ4n) is 3.77. The summed E-state index contributed by atoms with van der Waals surface area (Å²) in [7, 11) is 0. The van der Waals surface area contributed by atoms with Gasteiger partial charge in [0.05, 0.1) is 0 Å². The van der Waals surface area contributed by atoms with Crippen molar-refractivity contribution in [1.82, 2.24) is 15.3 Å². The summed E-state index contributed by atoms with van der Waals surface area (Å²) < 4.78 is 0. The van der Waals surface area contributed by atoms with Crippen LogP contribution in [0.5, 0.6) is 0 Å². The third kappa shape index (κ3) is 1.83. The van der Waals surface area contributed by atoms with Gasteiger partial charge in [-0.2, -0.15) is 0 Å². The minimum absolute atomic E-state index is 0.790. The maximum atomic E-state index is 4.49. The largest absolute Gasteiger partial charge is 0.346 e. The van der Waals surface area contributed by atoms with E-state index in [2.05, 4.69) is 27.4 Å². The minimum atomic E-state index is 0.790. The number of nitrogens with one attached hydrogen (secondary N) is 2. The van der Waals surface area contributed by atoms with Crippen LogP contribution in [-0.2, 0) is 6.42 Å². The second-order valence-electron chi connectivity index (χ2n) is 5.94. The van der Waals surface area contributed by atoms with E-state index in [0.29, 0.717) is 0 Å². The summed E-state index contributed by atoms with van der Waals surface area (Å²) in [6.45, 7) is 0. The Hall–Kier alpha value is -1.35. The van der Waals surface area contributed by atoms with E-state index in [0.717, 1.165) is 23.6 Å². The highest BCUT2D eigenvalue weighted by Crippen LogP contribution is 2.32. The molecule has 2 N–H and O–H groups in total. The summed E-state index contributed by atoms with van der Waals surface area (Å²) in [6.07, 6.45) is 10.7. The number of aromatic nitrogens is 2. The molecule has 0 spiro atoms. The normalized spacial score (nSPS) is 31.0. The van der Waals surface area contributed by atoms with Crippen molar-refractivity contribution in [3.63, 3.8) is 0 Å². The Balaban J connectivity index is 1.53. The first kappa shape index (κ1) is 10.6. The Morgan fingerprint density at radius 3 is 2.89 bits per heavy atom. The maximum absolute atomic E-state index is 4.49. The van der Waals surface area contributed by atoms with Crippen LogP contribution in [-0.4, -0.2) is 22.1 Å². The first-order valence-corrected chi connectivity index (χ1v) is 7.05. The van der Waals surface area contributed by atoms with E-state index in [9.17, 15) is 0 Å². The number of hydrogen-bond acceptors (Lipinski definition) is 2.